The van der Waals surface area contributed by atoms with Crippen LogP contribution in [0.15, 0.2) is 23.0 Å². The maximum Gasteiger partial charge on any atom is 0.323 e. The molecule has 2 aromatic rings. The van der Waals surface area contributed by atoms with Crippen LogP contribution in [-0.4, -0.2) is 9.97 Å². The molecule has 3 nitrogen and oxygen atoms in total. The van der Waals surface area contributed by atoms with Crippen molar-refractivity contribution < 1.29 is 0 Å². The molecule has 3 rings (SSSR count). The van der Waals surface area contributed by atoms with Gasteiger partial charge in [-0.3, -0.25) is 0 Å². The Hall–Kier alpha value is -1.22. The smallest absolute Gasteiger partial charge is 0.306 e. The summed E-state index contributed by atoms with van der Waals surface area (Å²) >= 11 is 6.77. The molecule has 2 N–H and O–H groups in total. The van der Waals surface area contributed by atoms with Crippen molar-refractivity contribution in [1.82, 2.24) is 9.97 Å². The van der Waals surface area contributed by atoms with Crippen LogP contribution in [0.5, 0.6) is 0 Å². The average Bonchev–Trinajstić information content (AvgIpc) is 3.02. The number of aromatic nitrogens is 2. The van der Waals surface area contributed by atoms with E-state index >= 15 is 0 Å². The van der Waals surface area contributed by atoms with Crippen LogP contribution in [0.4, 0.5) is 0 Å². The first-order valence-electron chi connectivity index (χ1n) is 7.01. The van der Waals surface area contributed by atoms with Crippen molar-refractivity contribution in [1.29, 1.82) is 0 Å². The highest BCUT2D eigenvalue weighted by Crippen LogP contribution is 2.53. The topological polar surface area (TPSA) is 48.6 Å². The first kappa shape index (κ1) is 12.8. The van der Waals surface area contributed by atoms with Crippen LogP contribution in [0.25, 0.3) is 11.0 Å². The maximum atomic E-state index is 11.3. The van der Waals surface area contributed by atoms with Crippen LogP contribution in [0.2, 0.25) is 0 Å². The van der Waals surface area contributed by atoms with Gasteiger partial charge in [-0.25, -0.2) is 4.79 Å². The number of fused-ring (bicyclic) bond motifs is 1. The predicted molar refractivity (Wildman–Crippen MR) is 78.7 cm³/mol. The number of rotatable bonds is 3. The third-order valence-electron chi connectivity index (χ3n) is 4.67. The molecule has 1 atom stereocenters. The number of nitrogens with one attached hydrogen (secondary N) is 2. The van der Waals surface area contributed by atoms with Crippen LogP contribution >= 0.6 is 11.6 Å². The lowest BCUT2D eigenvalue weighted by molar-refractivity contribution is 0.271. The Balaban J connectivity index is 2.00. The van der Waals surface area contributed by atoms with Gasteiger partial charge in [-0.2, -0.15) is 0 Å². The first-order chi connectivity index (χ1) is 9.14. The van der Waals surface area contributed by atoms with Crippen LogP contribution in [0.3, 0.4) is 0 Å². The molecule has 1 saturated carbocycles. The van der Waals surface area contributed by atoms with Crippen LogP contribution in [0, 0.1) is 5.41 Å². The van der Waals surface area contributed by atoms with Gasteiger partial charge in [0.15, 0.2) is 0 Å². The Bertz CT molecular complexity index is 637. The third-order valence-corrected chi connectivity index (χ3v) is 5.39. The van der Waals surface area contributed by atoms with Gasteiger partial charge < -0.3 is 9.97 Å². The van der Waals surface area contributed by atoms with E-state index in [0.29, 0.717) is 0 Å². The molecule has 1 aliphatic rings. The standard InChI is InChI=1S/C15H19ClN2O/c1-2-15(7-3-4-8-15)13(16)10-5-6-11-12(9-10)18-14(19)17-11/h5-6,9,13H,2-4,7-8H2,1H3,(H2,17,18,19). The van der Waals surface area contributed by atoms with Crippen molar-refractivity contribution >= 4 is 22.6 Å². The van der Waals surface area contributed by atoms with Gasteiger partial charge in [0.2, 0.25) is 0 Å². The fraction of sp³-hybridized carbons (Fsp3) is 0.533. The molecule has 1 aromatic carbocycles. The molecule has 4 heteroatoms. The molecule has 1 aliphatic carbocycles. The second-order valence-corrected chi connectivity index (χ2v) is 6.11. The molecule has 1 aromatic heterocycles. The van der Waals surface area contributed by atoms with E-state index in [9.17, 15) is 4.79 Å². The summed E-state index contributed by atoms with van der Waals surface area (Å²) in [5, 5.41) is 0.0304. The molecule has 0 amide bonds. The van der Waals surface area contributed by atoms with Crippen molar-refractivity contribution in [2.75, 3.05) is 0 Å². The Labute approximate surface area is 117 Å². The quantitative estimate of drug-likeness (QED) is 0.816. The fourth-order valence-corrected chi connectivity index (χ4v) is 3.93. The van der Waals surface area contributed by atoms with E-state index in [1.54, 1.807) is 0 Å². The van der Waals surface area contributed by atoms with Crippen molar-refractivity contribution in [3.05, 3.63) is 34.2 Å². The molecular weight excluding hydrogens is 260 g/mol. The molecule has 1 heterocycles. The highest BCUT2D eigenvalue weighted by Gasteiger charge is 2.39. The second kappa shape index (κ2) is 4.71. The van der Waals surface area contributed by atoms with Gasteiger partial charge >= 0.3 is 5.69 Å². The monoisotopic (exact) mass is 278 g/mol. The summed E-state index contributed by atoms with van der Waals surface area (Å²) in [6, 6.07) is 6.00. The minimum Gasteiger partial charge on any atom is -0.306 e. The SMILES string of the molecule is CCC1(C(Cl)c2ccc3[nH]c(=O)[nH]c3c2)CCCC1. The van der Waals surface area contributed by atoms with Crippen LogP contribution < -0.4 is 5.69 Å². The molecule has 0 aliphatic heterocycles. The largest absolute Gasteiger partial charge is 0.323 e. The first-order valence-corrected chi connectivity index (χ1v) is 7.44. The van der Waals surface area contributed by atoms with Gasteiger partial charge in [-0.15, -0.1) is 11.6 Å². The minimum absolute atomic E-state index is 0.0304. The summed E-state index contributed by atoms with van der Waals surface area (Å²) in [6.07, 6.45) is 6.09. The van der Waals surface area contributed by atoms with Crippen molar-refractivity contribution in [3.8, 4) is 0 Å². The van der Waals surface area contributed by atoms with Crippen molar-refractivity contribution in [3.63, 3.8) is 0 Å². The lowest BCUT2D eigenvalue weighted by Gasteiger charge is -2.33. The Kier molecular flexibility index (Phi) is 3.17. The number of aromatic amines is 2. The van der Waals surface area contributed by atoms with E-state index < -0.39 is 0 Å². The summed E-state index contributed by atoms with van der Waals surface area (Å²) < 4.78 is 0. The zero-order valence-electron chi connectivity index (χ0n) is 11.1. The fourth-order valence-electron chi connectivity index (χ4n) is 3.43. The number of hydrogen-bond donors (Lipinski definition) is 2. The normalized spacial score (nSPS) is 19.9. The summed E-state index contributed by atoms with van der Waals surface area (Å²) in [6.45, 7) is 2.23. The van der Waals surface area contributed by atoms with E-state index in [4.69, 9.17) is 11.6 Å². The number of halogens is 1. The van der Waals surface area contributed by atoms with E-state index in [0.717, 1.165) is 23.0 Å². The summed E-state index contributed by atoms with van der Waals surface area (Å²) in [7, 11) is 0. The Morgan fingerprint density at radius 1 is 1.26 bits per heavy atom. The minimum atomic E-state index is -0.163. The lowest BCUT2D eigenvalue weighted by Crippen LogP contribution is -2.21. The molecule has 1 fully saturated rings. The second-order valence-electron chi connectivity index (χ2n) is 5.67. The Morgan fingerprint density at radius 3 is 2.63 bits per heavy atom. The van der Waals surface area contributed by atoms with Crippen molar-refractivity contribution in [2.24, 2.45) is 5.41 Å². The molecule has 0 saturated heterocycles. The number of benzene rings is 1. The molecule has 0 bridgehead atoms. The number of alkyl halides is 1. The van der Waals surface area contributed by atoms with Gasteiger partial charge in [0.05, 0.1) is 16.4 Å². The molecular formula is C15H19ClN2O. The molecule has 19 heavy (non-hydrogen) atoms. The van der Waals surface area contributed by atoms with E-state index in [1.165, 1.54) is 25.7 Å². The maximum absolute atomic E-state index is 11.3. The van der Waals surface area contributed by atoms with Gasteiger partial charge in [0.25, 0.3) is 0 Å². The molecule has 0 radical (unpaired) electrons. The third kappa shape index (κ3) is 2.10. The van der Waals surface area contributed by atoms with Gasteiger partial charge in [0, 0.05) is 0 Å². The number of imidazole rings is 1. The van der Waals surface area contributed by atoms with Crippen LogP contribution in [0.1, 0.15) is 50.0 Å². The molecule has 0 spiro atoms. The zero-order chi connectivity index (χ0) is 13.5. The van der Waals surface area contributed by atoms with Gasteiger partial charge in [-0.05, 0) is 42.4 Å². The number of H-pyrrole nitrogens is 2. The van der Waals surface area contributed by atoms with E-state index in [2.05, 4.69) is 16.9 Å². The Morgan fingerprint density at radius 2 is 1.95 bits per heavy atom. The van der Waals surface area contributed by atoms with E-state index in [1.807, 2.05) is 18.2 Å². The predicted octanol–water partition coefficient (Wildman–Crippen LogP) is 4.11. The summed E-state index contributed by atoms with van der Waals surface area (Å²) in [5.41, 5.74) is 2.87. The van der Waals surface area contributed by atoms with Gasteiger partial charge in [0.1, 0.15) is 0 Å². The van der Waals surface area contributed by atoms with Crippen molar-refractivity contribution in [2.45, 2.75) is 44.4 Å². The van der Waals surface area contributed by atoms with E-state index in [-0.39, 0.29) is 16.5 Å². The lowest BCUT2D eigenvalue weighted by atomic mass is 9.77. The number of hydrogen-bond acceptors (Lipinski definition) is 1. The highest BCUT2D eigenvalue weighted by atomic mass is 35.5. The summed E-state index contributed by atoms with van der Waals surface area (Å²) in [4.78, 5) is 16.9. The highest BCUT2D eigenvalue weighted by molar-refractivity contribution is 6.21. The van der Waals surface area contributed by atoms with Crippen LogP contribution in [-0.2, 0) is 0 Å². The average molecular weight is 279 g/mol. The molecule has 1 unspecified atom stereocenters. The molecule has 102 valence electrons. The summed E-state index contributed by atoms with van der Waals surface area (Å²) in [5.74, 6) is 0. The van der Waals surface area contributed by atoms with Gasteiger partial charge in [-0.1, -0.05) is 25.8 Å². The zero-order valence-corrected chi connectivity index (χ0v) is 11.9.